The molecule has 1 heterocycles. The highest BCUT2D eigenvalue weighted by atomic mass is 79.9. The maximum atomic E-state index is 11.6. The van der Waals surface area contributed by atoms with Gasteiger partial charge >= 0.3 is 5.97 Å². The highest BCUT2D eigenvalue weighted by Crippen LogP contribution is 2.31. The lowest BCUT2D eigenvalue weighted by Crippen LogP contribution is -1.92. The summed E-state index contributed by atoms with van der Waals surface area (Å²) in [5, 5.41) is 0. The second-order valence-electron chi connectivity index (χ2n) is 4.00. The van der Waals surface area contributed by atoms with E-state index >= 15 is 0 Å². The summed E-state index contributed by atoms with van der Waals surface area (Å²) in [4.78, 5) is 11.6. The molecule has 0 N–H and O–H groups in total. The van der Waals surface area contributed by atoms with Gasteiger partial charge in [0, 0.05) is 10.0 Å². The van der Waals surface area contributed by atoms with Crippen molar-refractivity contribution in [1.29, 1.82) is 0 Å². The molecule has 0 amide bonds. The minimum absolute atomic E-state index is 0.283. The molecule has 2 aromatic carbocycles. The first-order chi connectivity index (χ1) is 8.74. The van der Waals surface area contributed by atoms with E-state index in [2.05, 4.69) is 15.9 Å². The lowest BCUT2D eigenvalue weighted by atomic mass is 10.1. The zero-order valence-corrected chi connectivity index (χ0v) is 11.0. The van der Waals surface area contributed by atoms with Gasteiger partial charge in [0.15, 0.2) is 0 Å². The highest BCUT2D eigenvalue weighted by molar-refractivity contribution is 9.10. The summed E-state index contributed by atoms with van der Waals surface area (Å²) in [6.07, 6.45) is 1.87. The maximum Gasteiger partial charge on any atom is 0.344 e. The minimum Gasteiger partial charge on any atom is -0.422 e. The standard InChI is InChI=1S/C15H9BrO2/c16-11-7-5-10(6-8-11)9-14-12-3-1-2-4-13(12)15(17)18-14/h1-9H/b14-9+. The number of hydrogen-bond donors (Lipinski definition) is 0. The average molecular weight is 301 g/mol. The van der Waals surface area contributed by atoms with E-state index in [0.717, 1.165) is 15.6 Å². The number of carbonyl (C=O) groups excluding carboxylic acids is 1. The Kier molecular flexibility index (Phi) is 2.76. The van der Waals surface area contributed by atoms with Crippen LogP contribution in [0.15, 0.2) is 53.0 Å². The Morgan fingerprint density at radius 2 is 1.61 bits per heavy atom. The number of halogens is 1. The Balaban J connectivity index is 2.04. The number of rotatable bonds is 1. The summed E-state index contributed by atoms with van der Waals surface area (Å²) in [6.45, 7) is 0. The van der Waals surface area contributed by atoms with Crippen molar-refractivity contribution in [3.8, 4) is 0 Å². The van der Waals surface area contributed by atoms with Crippen molar-refractivity contribution in [2.45, 2.75) is 0 Å². The van der Waals surface area contributed by atoms with E-state index in [-0.39, 0.29) is 5.97 Å². The molecule has 0 saturated carbocycles. The molecule has 0 atom stereocenters. The van der Waals surface area contributed by atoms with Crippen LogP contribution in [0.25, 0.3) is 11.8 Å². The number of benzene rings is 2. The summed E-state index contributed by atoms with van der Waals surface area (Å²) in [5.41, 5.74) is 2.48. The second-order valence-corrected chi connectivity index (χ2v) is 4.91. The molecule has 0 aliphatic carbocycles. The second kappa shape index (κ2) is 4.42. The van der Waals surface area contributed by atoms with Crippen molar-refractivity contribution in [1.82, 2.24) is 0 Å². The lowest BCUT2D eigenvalue weighted by Gasteiger charge is -1.99. The van der Waals surface area contributed by atoms with Gasteiger partial charge in [0.25, 0.3) is 0 Å². The molecule has 0 spiro atoms. The van der Waals surface area contributed by atoms with Crippen LogP contribution in [0.5, 0.6) is 0 Å². The van der Waals surface area contributed by atoms with Crippen LogP contribution in [0.3, 0.4) is 0 Å². The molecule has 18 heavy (non-hydrogen) atoms. The number of fused-ring (bicyclic) bond motifs is 1. The summed E-state index contributed by atoms with van der Waals surface area (Å²) >= 11 is 3.39. The van der Waals surface area contributed by atoms with Gasteiger partial charge in [-0.2, -0.15) is 0 Å². The van der Waals surface area contributed by atoms with Crippen LogP contribution in [0.1, 0.15) is 21.5 Å². The summed E-state index contributed by atoms with van der Waals surface area (Å²) in [5.74, 6) is 0.326. The van der Waals surface area contributed by atoms with E-state index in [1.54, 1.807) is 6.07 Å². The van der Waals surface area contributed by atoms with Gasteiger partial charge < -0.3 is 4.74 Å². The number of hydrogen-bond acceptors (Lipinski definition) is 2. The van der Waals surface area contributed by atoms with Crippen LogP contribution in [0, 0.1) is 0 Å². The molecular formula is C15H9BrO2. The van der Waals surface area contributed by atoms with Crippen LogP contribution >= 0.6 is 15.9 Å². The van der Waals surface area contributed by atoms with Crippen LogP contribution in [0.2, 0.25) is 0 Å². The monoisotopic (exact) mass is 300 g/mol. The molecule has 1 aliphatic heterocycles. The number of carbonyl (C=O) groups is 1. The molecule has 0 saturated heterocycles. The van der Waals surface area contributed by atoms with E-state index in [1.807, 2.05) is 48.5 Å². The molecule has 1 aliphatic rings. The van der Waals surface area contributed by atoms with Crippen molar-refractivity contribution >= 4 is 33.7 Å². The quantitative estimate of drug-likeness (QED) is 0.741. The van der Waals surface area contributed by atoms with Gasteiger partial charge in [0.2, 0.25) is 0 Å². The van der Waals surface area contributed by atoms with Gasteiger partial charge in [-0.3, -0.25) is 0 Å². The van der Waals surface area contributed by atoms with Crippen molar-refractivity contribution in [3.05, 3.63) is 69.7 Å². The molecule has 0 fully saturated rings. The van der Waals surface area contributed by atoms with Gasteiger partial charge in [-0.15, -0.1) is 0 Å². The SMILES string of the molecule is O=C1O/C(=C/c2ccc(Br)cc2)c2ccccc21. The third-order valence-corrected chi connectivity index (χ3v) is 3.31. The molecule has 2 aromatic rings. The van der Waals surface area contributed by atoms with E-state index in [0.29, 0.717) is 11.3 Å². The number of esters is 1. The van der Waals surface area contributed by atoms with Gasteiger partial charge in [-0.25, -0.2) is 4.79 Å². The molecule has 2 nitrogen and oxygen atoms in total. The van der Waals surface area contributed by atoms with Crippen LogP contribution in [-0.2, 0) is 4.74 Å². The molecule has 0 unspecified atom stereocenters. The fraction of sp³-hybridized carbons (Fsp3) is 0. The Labute approximate surface area is 113 Å². The van der Waals surface area contributed by atoms with Crippen molar-refractivity contribution < 1.29 is 9.53 Å². The van der Waals surface area contributed by atoms with Crippen molar-refractivity contribution in [3.63, 3.8) is 0 Å². The van der Waals surface area contributed by atoms with Gasteiger partial charge in [0.1, 0.15) is 5.76 Å². The molecular weight excluding hydrogens is 292 g/mol. The van der Waals surface area contributed by atoms with E-state index in [1.165, 1.54) is 0 Å². The summed E-state index contributed by atoms with van der Waals surface area (Å²) in [6, 6.07) is 15.2. The normalized spacial score (nSPS) is 15.6. The van der Waals surface area contributed by atoms with E-state index < -0.39 is 0 Å². The molecule has 0 aromatic heterocycles. The first-order valence-corrected chi connectivity index (χ1v) is 6.32. The summed E-state index contributed by atoms with van der Waals surface area (Å²) in [7, 11) is 0. The largest absolute Gasteiger partial charge is 0.422 e. The Hall–Kier alpha value is -1.87. The topological polar surface area (TPSA) is 26.3 Å². The zero-order chi connectivity index (χ0) is 12.5. The van der Waals surface area contributed by atoms with Crippen LogP contribution in [-0.4, -0.2) is 5.97 Å². The van der Waals surface area contributed by atoms with E-state index in [9.17, 15) is 4.79 Å². The Morgan fingerprint density at radius 3 is 2.33 bits per heavy atom. The predicted molar refractivity (Wildman–Crippen MR) is 73.9 cm³/mol. The minimum atomic E-state index is -0.283. The first kappa shape index (κ1) is 11.2. The number of ether oxygens (including phenoxy) is 1. The van der Waals surface area contributed by atoms with Crippen molar-refractivity contribution in [2.24, 2.45) is 0 Å². The van der Waals surface area contributed by atoms with Crippen LogP contribution < -0.4 is 0 Å². The Bertz CT molecular complexity index is 642. The highest BCUT2D eigenvalue weighted by Gasteiger charge is 2.25. The van der Waals surface area contributed by atoms with Gasteiger partial charge in [-0.1, -0.05) is 46.3 Å². The predicted octanol–water partition coefficient (Wildman–Crippen LogP) is 4.12. The average Bonchev–Trinajstić information content (AvgIpc) is 2.70. The smallest absolute Gasteiger partial charge is 0.344 e. The van der Waals surface area contributed by atoms with E-state index in [4.69, 9.17) is 4.74 Å². The molecule has 3 heteroatoms. The Morgan fingerprint density at radius 1 is 0.944 bits per heavy atom. The molecule has 0 radical (unpaired) electrons. The maximum absolute atomic E-state index is 11.6. The first-order valence-electron chi connectivity index (χ1n) is 5.53. The molecule has 0 bridgehead atoms. The lowest BCUT2D eigenvalue weighted by molar-refractivity contribution is 0.0717. The molecule has 3 rings (SSSR count). The zero-order valence-electron chi connectivity index (χ0n) is 9.39. The van der Waals surface area contributed by atoms with Gasteiger partial charge in [-0.05, 0) is 29.8 Å². The molecule has 88 valence electrons. The number of cyclic esters (lactones) is 1. The van der Waals surface area contributed by atoms with Crippen molar-refractivity contribution in [2.75, 3.05) is 0 Å². The fourth-order valence-electron chi connectivity index (χ4n) is 1.90. The van der Waals surface area contributed by atoms with Gasteiger partial charge in [0.05, 0.1) is 5.56 Å². The fourth-order valence-corrected chi connectivity index (χ4v) is 2.17. The van der Waals surface area contributed by atoms with Crippen LogP contribution in [0.4, 0.5) is 0 Å². The summed E-state index contributed by atoms with van der Waals surface area (Å²) < 4.78 is 6.30. The third-order valence-electron chi connectivity index (χ3n) is 2.78. The third kappa shape index (κ3) is 1.97.